The number of aromatic nitrogens is 2. The Balaban J connectivity index is 2.18. The van der Waals surface area contributed by atoms with Crippen LogP contribution in [-0.4, -0.2) is 34.8 Å². The number of carboxylic acid groups (broad SMARTS) is 1. The predicted octanol–water partition coefficient (Wildman–Crippen LogP) is 1.41. The number of ether oxygens (including phenoxy) is 2. The highest BCUT2D eigenvalue weighted by molar-refractivity contribution is 5.70. The van der Waals surface area contributed by atoms with Crippen molar-refractivity contribution in [3.8, 4) is 11.5 Å². The van der Waals surface area contributed by atoms with E-state index in [1.807, 2.05) is 0 Å². The molecule has 7 nitrogen and oxygen atoms in total. The van der Waals surface area contributed by atoms with Crippen molar-refractivity contribution in [3.05, 3.63) is 52.2 Å². The first-order valence-electron chi connectivity index (χ1n) is 6.34. The molecule has 0 saturated carbocycles. The Morgan fingerprint density at radius 1 is 1.32 bits per heavy atom. The number of aromatic amines is 1. The van der Waals surface area contributed by atoms with Gasteiger partial charge in [0.15, 0.2) is 18.1 Å². The normalized spacial score (nSPS) is 10.6. The van der Waals surface area contributed by atoms with Crippen molar-refractivity contribution in [2.75, 3.05) is 13.7 Å². The monoisotopic (exact) mass is 302 g/mol. The van der Waals surface area contributed by atoms with E-state index in [1.54, 1.807) is 30.4 Å². The molecule has 2 N–H and O–H groups in total. The second kappa shape index (κ2) is 7.07. The van der Waals surface area contributed by atoms with Gasteiger partial charge in [-0.05, 0) is 23.8 Å². The quantitative estimate of drug-likeness (QED) is 0.836. The van der Waals surface area contributed by atoms with Gasteiger partial charge in [-0.15, -0.1) is 0 Å². The topological polar surface area (TPSA) is 102 Å². The number of hydrogen-bond acceptors (Lipinski definition) is 5. The van der Waals surface area contributed by atoms with Crippen LogP contribution in [0.1, 0.15) is 11.4 Å². The first-order chi connectivity index (χ1) is 10.6. The Morgan fingerprint density at radius 2 is 2.14 bits per heavy atom. The molecule has 0 bridgehead atoms. The smallest absolute Gasteiger partial charge is 0.341 e. The number of carboxylic acids is 1. The van der Waals surface area contributed by atoms with E-state index in [4.69, 9.17) is 14.6 Å². The maximum absolute atomic E-state index is 11.2. The van der Waals surface area contributed by atoms with Crippen LogP contribution in [0.5, 0.6) is 11.5 Å². The fraction of sp³-hybridized carbons (Fsp3) is 0.133. The van der Waals surface area contributed by atoms with E-state index in [9.17, 15) is 9.59 Å². The molecule has 0 unspecified atom stereocenters. The average Bonchev–Trinajstić information content (AvgIpc) is 2.51. The van der Waals surface area contributed by atoms with Gasteiger partial charge in [0.05, 0.1) is 7.11 Å². The van der Waals surface area contributed by atoms with E-state index in [-0.39, 0.29) is 5.56 Å². The van der Waals surface area contributed by atoms with Crippen LogP contribution in [-0.2, 0) is 4.79 Å². The zero-order valence-corrected chi connectivity index (χ0v) is 11.8. The molecule has 0 radical (unpaired) electrons. The Labute approximate surface area is 125 Å². The highest BCUT2D eigenvalue weighted by Gasteiger charge is 2.06. The van der Waals surface area contributed by atoms with E-state index in [0.717, 1.165) is 5.56 Å². The summed E-state index contributed by atoms with van der Waals surface area (Å²) < 4.78 is 10.3. The van der Waals surface area contributed by atoms with Gasteiger partial charge < -0.3 is 19.6 Å². The van der Waals surface area contributed by atoms with E-state index in [2.05, 4.69) is 9.97 Å². The molecule has 0 fully saturated rings. The van der Waals surface area contributed by atoms with Crippen molar-refractivity contribution in [2.45, 2.75) is 0 Å². The lowest BCUT2D eigenvalue weighted by atomic mass is 10.2. The fourth-order valence-electron chi connectivity index (χ4n) is 1.69. The summed E-state index contributed by atoms with van der Waals surface area (Å²) in [5.74, 6) is 0.119. The Bertz CT molecular complexity index is 752. The summed E-state index contributed by atoms with van der Waals surface area (Å²) >= 11 is 0. The zero-order valence-electron chi connectivity index (χ0n) is 11.8. The summed E-state index contributed by atoms with van der Waals surface area (Å²) in [6.45, 7) is -0.444. The van der Waals surface area contributed by atoms with Crippen molar-refractivity contribution in [3.63, 3.8) is 0 Å². The number of benzene rings is 1. The van der Waals surface area contributed by atoms with Gasteiger partial charge in [-0.1, -0.05) is 12.1 Å². The Kier molecular flexibility index (Phi) is 4.92. The molecular formula is C15H14N2O5. The highest BCUT2D eigenvalue weighted by Crippen LogP contribution is 2.28. The van der Waals surface area contributed by atoms with Crippen molar-refractivity contribution >= 4 is 18.1 Å². The molecule has 7 heteroatoms. The summed E-state index contributed by atoms with van der Waals surface area (Å²) in [6, 6.07) is 6.36. The Morgan fingerprint density at radius 3 is 2.82 bits per heavy atom. The lowest BCUT2D eigenvalue weighted by Gasteiger charge is -2.09. The lowest BCUT2D eigenvalue weighted by molar-refractivity contribution is -0.139. The van der Waals surface area contributed by atoms with Crippen LogP contribution in [0.2, 0.25) is 0 Å². The second-order valence-corrected chi connectivity index (χ2v) is 4.25. The van der Waals surface area contributed by atoms with Crippen molar-refractivity contribution < 1.29 is 19.4 Å². The van der Waals surface area contributed by atoms with Gasteiger partial charge in [-0.3, -0.25) is 4.79 Å². The van der Waals surface area contributed by atoms with Gasteiger partial charge in [0.25, 0.3) is 5.56 Å². The largest absolute Gasteiger partial charge is 0.493 e. The SMILES string of the molecule is COc1cc(C=Cc2nccc(=O)[nH]2)ccc1OCC(=O)O. The minimum atomic E-state index is -1.06. The number of nitrogens with zero attached hydrogens (tertiary/aromatic N) is 1. The first-order valence-corrected chi connectivity index (χ1v) is 6.34. The van der Waals surface area contributed by atoms with Crippen LogP contribution in [0.3, 0.4) is 0 Å². The number of aliphatic carboxylic acids is 1. The molecule has 2 aromatic rings. The first kappa shape index (κ1) is 15.3. The molecule has 0 amide bonds. The zero-order chi connectivity index (χ0) is 15.9. The molecule has 0 saturated heterocycles. The van der Waals surface area contributed by atoms with Crippen LogP contribution in [0.25, 0.3) is 12.2 Å². The van der Waals surface area contributed by atoms with E-state index in [1.165, 1.54) is 19.4 Å². The van der Waals surface area contributed by atoms with Crippen LogP contribution < -0.4 is 15.0 Å². The Hall–Kier alpha value is -3.09. The lowest BCUT2D eigenvalue weighted by Crippen LogP contribution is -2.10. The van der Waals surface area contributed by atoms with Gasteiger partial charge in [-0.2, -0.15) is 0 Å². The van der Waals surface area contributed by atoms with E-state index in [0.29, 0.717) is 17.3 Å². The number of carbonyl (C=O) groups is 1. The molecule has 1 aromatic carbocycles. The standard InChI is InChI=1S/C15H14N2O5/c1-21-12-8-10(2-4-11(12)22-9-15(19)20)3-5-13-16-7-6-14(18)17-13/h2-8H,9H2,1H3,(H,19,20)(H,16,17,18). The summed E-state index contributed by atoms with van der Waals surface area (Å²) in [5, 5.41) is 8.61. The second-order valence-electron chi connectivity index (χ2n) is 4.25. The molecule has 1 aromatic heterocycles. The van der Waals surface area contributed by atoms with Crippen LogP contribution in [0.4, 0.5) is 0 Å². The summed E-state index contributed by atoms with van der Waals surface area (Å²) in [6.07, 6.45) is 4.80. The maximum Gasteiger partial charge on any atom is 0.341 e. The van der Waals surface area contributed by atoms with Gasteiger partial charge >= 0.3 is 5.97 Å². The molecule has 0 aliphatic carbocycles. The van der Waals surface area contributed by atoms with Crippen LogP contribution in [0, 0.1) is 0 Å². The number of methoxy groups -OCH3 is 1. The number of hydrogen-bond donors (Lipinski definition) is 2. The average molecular weight is 302 g/mol. The van der Waals surface area contributed by atoms with Crippen molar-refractivity contribution in [1.29, 1.82) is 0 Å². The van der Waals surface area contributed by atoms with Crippen LogP contribution >= 0.6 is 0 Å². The summed E-state index contributed by atoms with van der Waals surface area (Å²) in [4.78, 5) is 28.2. The van der Waals surface area contributed by atoms with E-state index < -0.39 is 12.6 Å². The van der Waals surface area contributed by atoms with Gasteiger partial charge in [0.1, 0.15) is 5.82 Å². The highest BCUT2D eigenvalue weighted by atomic mass is 16.5. The molecule has 114 valence electrons. The van der Waals surface area contributed by atoms with Crippen molar-refractivity contribution in [1.82, 2.24) is 9.97 Å². The molecule has 1 heterocycles. The fourth-order valence-corrected chi connectivity index (χ4v) is 1.69. The summed E-state index contributed by atoms with van der Waals surface area (Å²) in [5.41, 5.74) is 0.552. The molecule has 0 aliphatic rings. The third kappa shape index (κ3) is 4.20. The molecule has 0 aliphatic heterocycles. The van der Waals surface area contributed by atoms with Crippen LogP contribution in [0.15, 0.2) is 35.3 Å². The minimum Gasteiger partial charge on any atom is -0.493 e. The molecule has 2 rings (SSSR count). The summed E-state index contributed by atoms with van der Waals surface area (Å²) in [7, 11) is 1.46. The minimum absolute atomic E-state index is 0.232. The van der Waals surface area contributed by atoms with Crippen molar-refractivity contribution in [2.24, 2.45) is 0 Å². The van der Waals surface area contributed by atoms with Gasteiger partial charge in [0, 0.05) is 12.3 Å². The number of H-pyrrole nitrogens is 1. The third-order valence-electron chi connectivity index (χ3n) is 2.66. The maximum atomic E-state index is 11.2. The van der Waals surface area contributed by atoms with Gasteiger partial charge in [-0.25, -0.2) is 9.78 Å². The number of nitrogens with one attached hydrogen (secondary N) is 1. The predicted molar refractivity (Wildman–Crippen MR) is 79.9 cm³/mol. The third-order valence-corrected chi connectivity index (χ3v) is 2.66. The molecular weight excluding hydrogens is 288 g/mol. The van der Waals surface area contributed by atoms with E-state index >= 15 is 0 Å². The molecule has 0 atom stereocenters. The molecule has 22 heavy (non-hydrogen) atoms. The van der Waals surface area contributed by atoms with Gasteiger partial charge in [0.2, 0.25) is 0 Å². The number of rotatable bonds is 6. The molecule has 0 spiro atoms.